The van der Waals surface area contributed by atoms with Crippen molar-refractivity contribution in [2.45, 2.75) is 39.7 Å². The molecule has 0 amide bonds. The van der Waals surface area contributed by atoms with E-state index in [1.54, 1.807) is 7.11 Å². The van der Waals surface area contributed by atoms with Crippen molar-refractivity contribution in [3.8, 4) is 0 Å². The fourth-order valence-electron chi connectivity index (χ4n) is 1.40. The molecule has 0 bridgehead atoms. The standard InChI is InChI=1S/C12H20IN3O/c1-7(2)6-8-9(13)10(14)16-11(15-8)12(3,4)17-5/h7H,6H2,1-5H3,(H2,14,15,16). The molecule has 96 valence electrons. The van der Waals surface area contributed by atoms with Crippen LogP contribution in [0.4, 0.5) is 5.82 Å². The number of methoxy groups -OCH3 is 1. The Morgan fingerprint density at radius 3 is 2.41 bits per heavy atom. The van der Waals surface area contributed by atoms with E-state index in [0.717, 1.165) is 15.7 Å². The molecule has 17 heavy (non-hydrogen) atoms. The summed E-state index contributed by atoms with van der Waals surface area (Å²) in [5.41, 5.74) is 6.43. The van der Waals surface area contributed by atoms with Crippen molar-refractivity contribution in [2.24, 2.45) is 5.92 Å². The van der Waals surface area contributed by atoms with Crippen LogP contribution in [0.15, 0.2) is 0 Å². The number of nitrogens with two attached hydrogens (primary N) is 1. The predicted octanol–water partition coefficient (Wildman–Crippen LogP) is 2.74. The Morgan fingerprint density at radius 2 is 1.94 bits per heavy atom. The number of nitrogen functional groups attached to an aromatic ring is 1. The SMILES string of the molecule is COC(C)(C)c1nc(N)c(I)c(CC(C)C)n1. The van der Waals surface area contributed by atoms with Crippen molar-refractivity contribution in [1.82, 2.24) is 9.97 Å². The minimum absolute atomic E-state index is 0.510. The zero-order valence-electron chi connectivity index (χ0n) is 11.0. The Labute approximate surface area is 117 Å². The highest BCUT2D eigenvalue weighted by atomic mass is 127. The van der Waals surface area contributed by atoms with Crippen LogP contribution in [0.2, 0.25) is 0 Å². The molecule has 1 heterocycles. The van der Waals surface area contributed by atoms with Crippen LogP contribution < -0.4 is 5.73 Å². The molecule has 0 fully saturated rings. The number of halogens is 1. The molecular weight excluding hydrogens is 329 g/mol. The van der Waals surface area contributed by atoms with E-state index < -0.39 is 5.60 Å². The van der Waals surface area contributed by atoms with E-state index >= 15 is 0 Å². The minimum Gasteiger partial charge on any atom is -0.383 e. The molecule has 0 unspecified atom stereocenters. The Bertz CT molecular complexity index is 405. The number of aromatic nitrogens is 2. The first kappa shape index (κ1) is 14.6. The number of hydrogen-bond donors (Lipinski definition) is 1. The molecule has 0 aromatic carbocycles. The first-order chi connectivity index (χ1) is 7.77. The van der Waals surface area contributed by atoms with E-state index in [0.29, 0.717) is 17.6 Å². The second-order valence-electron chi connectivity index (χ2n) is 5.01. The Morgan fingerprint density at radius 1 is 1.35 bits per heavy atom. The van der Waals surface area contributed by atoms with Gasteiger partial charge in [0.05, 0.1) is 9.26 Å². The van der Waals surface area contributed by atoms with Crippen molar-refractivity contribution in [2.75, 3.05) is 12.8 Å². The summed E-state index contributed by atoms with van der Waals surface area (Å²) >= 11 is 2.20. The summed E-state index contributed by atoms with van der Waals surface area (Å²) < 4.78 is 6.35. The van der Waals surface area contributed by atoms with Crippen LogP contribution in [0, 0.1) is 9.49 Å². The summed E-state index contributed by atoms with van der Waals surface area (Å²) in [6, 6.07) is 0. The number of nitrogens with zero attached hydrogens (tertiary/aromatic N) is 2. The molecule has 0 saturated heterocycles. The van der Waals surface area contributed by atoms with Crippen molar-refractivity contribution >= 4 is 28.4 Å². The molecule has 0 spiro atoms. The maximum absolute atomic E-state index is 5.93. The van der Waals surface area contributed by atoms with E-state index in [2.05, 4.69) is 46.4 Å². The lowest BCUT2D eigenvalue weighted by Crippen LogP contribution is -2.25. The topological polar surface area (TPSA) is 61.0 Å². The summed E-state index contributed by atoms with van der Waals surface area (Å²) in [6.45, 7) is 8.20. The highest BCUT2D eigenvalue weighted by molar-refractivity contribution is 14.1. The zero-order chi connectivity index (χ0) is 13.2. The molecule has 0 aliphatic rings. The van der Waals surface area contributed by atoms with Gasteiger partial charge in [-0.15, -0.1) is 0 Å². The lowest BCUT2D eigenvalue weighted by atomic mass is 10.1. The molecule has 0 aliphatic heterocycles. The third kappa shape index (κ3) is 3.51. The Kier molecular flexibility index (Phi) is 4.71. The van der Waals surface area contributed by atoms with Crippen molar-refractivity contribution in [1.29, 1.82) is 0 Å². The monoisotopic (exact) mass is 349 g/mol. The Balaban J connectivity index is 3.23. The van der Waals surface area contributed by atoms with Gasteiger partial charge in [0.25, 0.3) is 0 Å². The number of rotatable bonds is 4. The maximum Gasteiger partial charge on any atom is 0.162 e. The van der Waals surface area contributed by atoms with Gasteiger partial charge in [0, 0.05) is 7.11 Å². The van der Waals surface area contributed by atoms with Crippen LogP contribution in [0.25, 0.3) is 0 Å². The molecule has 1 rings (SSSR count). The minimum atomic E-state index is -0.510. The Hall–Kier alpha value is -0.430. The summed E-state index contributed by atoms with van der Waals surface area (Å²) in [5, 5.41) is 0. The fourth-order valence-corrected chi connectivity index (χ4v) is 1.86. The molecule has 1 aromatic heterocycles. The van der Waals surface area contributed by atoms with Crippen molar-refractivity contribution in [3.05, 3.63) is 15.1 Å². The smallest absolute Gasteiger partial charge is 0.162 e. The summed E-state index contributed by atoms with van der Waals surface area (Å²) in [6.07, 6.45) is 0.901. The van der Waals surface area contributed by atoms with Gasteiger partial charge in [-0.25, -0.2) is 9.97 Å². The third-order valence-electron chi connectivity index (χ3n) is 2.60. The van der Waals surface area contributed by atoms with Gasteiger partial charge < -0.3 is 10.5 Å². The van der Waals surface area contributed by atoms with Gasteiger partial charge in [-0.1, -0.05) is 13.8 Å². The van der Waals surface area contributed by atoms with Crippen LogP contribution in [0.5, 0.6) is 0 Å². The van der Waals surface area contributed by atoms with Crippen LogP contribution in [-0.4, -0.2) is 17.1 Å². The molecule has 0 saturated carbocycles. The highest BCUT2D eigenvalue weighted by Crippen LogP contribution is 2.25. The molecule has 0 atom stereocenters. The normalized spacial score (nSPS) is 12.2. The zero-order valence-corrected chi connectivity index (χ0v) is 13.2. The summed E-state index contributed by atoms with van der Waals surface area (Å²) in [4.78, 5) is 8.91. The fraction of sp³-hybridized carbons (Fsp3) is 0.667. The first-order valence-electron chi connectivity index (χ1n) is 5.65. The number of hydrogen-bond acceptors (Lipinski definition) is 4. The molecule has 0 radical (unpaired) electrons. The van der Waals surface area contributed by atoms with Crippen molar-refractivity contribution in [3.63, 3.8) is 0 Å². The largest absolute Gasteiger partial charge is 0.383 e. The van der Waals surface area contributed by atoms with E-state index in [4.69, 9.17) is 10.5 Å². The van der Waals surface area contributed by atoms with Gasteiger partial charge in [-0.05, 0) is 48.8 Å². The molecule has 4 nitrogen and oxygen atoms in total. The molecule has 2 N–H and O–H groups in total. The van der Waals surface area contributed by atoms with Crippen molar-refractivity contribution < 1.29 is 4.74 Å². The second kappa shape index (κ2) is 5.48. The van der Waals surface area contributed by atoms with Crippen LogP contribution in [-0.2, 0) is 16.8 Å². The van der Waals surface area contributed by atoms with Gasteiger partial charge in [0.1, 0.15) is 11.4 Å². The van der Waals surface area contributed by atoms with Crippen LogP contribution >= 0.6 is 22.6 Å². The first-order valence-corrected chi connectivity index (χ1v) is 6.73. The predicted molar refractivity (Wildman–Crippen MR) is 77.7 cm³/mol. The van der Waals surface area contributed by atoms with Gasteiger partial charge >= 0.3 is 0 Å². The van der Waals surface area contributed by atoms with E-state index in [-0.39, 0.29) is 0 Å². The van der Waals surface area contributed by atoms with Gasteiger partial charge in [0.15, 0.2) is 5.82 Å². The van der Waals surface area contributed by atoms with Crippen LogP contribution in [0.1, 0.15) is 39.2 Å². The number of anilines is 1. The summed E-state index contributed by atoms with van der Waals surface area (Å²) in [5.74, 6) is 1.72. The van der Waals surface area contributed by atoms with Gasteiger partial charge in [-0.2, -0.15) is 0 Å². The molecule has 0 aliphatic carbocycles. The lowest BCUT2D eigenvalue weighted by molar-refractivity contribution is 0.0113. The second-order valence-corrected chi connectivity index (χ2v) is 6.08. The van der Waals surface area contributed by atoms with E-state index in [1.807, 2.05) is 13.8 Å². The van der Waals surface area contributed by atoms with Gasteiger partial charge in [0.2, 0.25) is 0 Å². The lowest BCUT2D eigenvalue weighted by Gasteiger charge is -2.22. The van der Waals surface area contributed by atoms with Crippen LogP contribution in [0.3, 0.4) is 0 Å². The third-order valence-corrected chi connectivity index (χ3v) is 3.77. The maximum atomic E-state index is 5.93. The van der Waals surface area contributed by atoms with Gasteiger partial charge in [-0.3, -0.25) is 0 Å². The van der Waals surface area contributed by atoms with E-state index in [1.165, 1.54) is 0 Å². The summed E-state index contributed by atoms with van der Waals surface area (Å²) in [7, 11) is 1.65. The molecular formula is C12H20IN3O. The average molecular weight is 349 g/mol. The van der Waals surface area contributed by atoms with E-state index in [9.17, 15) is 0 Å². The highest BCUT2D eigenvalue weighted by Gasteiger charge is 2.25. The average Bonchev–Trinajstić information content (AvgIpc) is 2.23. The molecule has 1 aromatic rings. The number of ether oxygens (including phenoxy) is 1. The quantitative estimate of drug-likeness (QED) is 0.850. The molecule has 5 heteroatoms.